The van der Waals surface area contributed by atoms with Gasteiger partial charge in [0.2, 0.25) is 5.91 Å². The van der Waals surface area contributed by atoms with Crippen molar-refractivity contribution in [1.29, 1.82) is 0 Å². The van der Waals surface area contributed by atoms with E-state index in [1.807, 2.05) is 23.3 Å². The van der Waals surface area contributed by atoms with Crippen molar-refractivity contribution >= 4 is 29.3 Å². The summed E-state index contributed by atoms with van der Waals surface area (Å²) in [6.07, 6.45) is 2.95. The third-order valence-corrected chi connectivity index (χ3v) is 5.81. The highest BCUT2D eigenvalue weighted by Crippen LogP contribution is 2.29. The number of piperazine rings is 1. The van der Waals surface area contributed by atoms with Crippen LogP contribution in [0.15, 0.2) is 47.4 Å². The molecule has 1 unspecified atom stereocenters. The number of carbonyl (C=O) groups is 2. The minimum Gasteiger partial charge on any atom is -0.329 e. The molecule has 1 heterocycles. The summed E-state index contributed by atoms with van der Waals surface area (Å²) in [7, 11) is 0. The van der Waals surface area contributed by atoms with Gasteiger partial charge in [0.1, 0.15) is 0 Å². The smallest absolute Gasteiger partial charge is 0.254 e. The zero-order valence-electron chi connectivity index (χ0n) is 16.6. The van der Waals surface area contributed by atoms with E-state index in [4.69, 9.17) is 0 Å². The van der Waals surface area contributed by atoms with E-state index in [1.54, 1.807) is 6.07 Å². The SMILES string of the molecule is CCc1ccc(C2CNCCN2C(=O)c2ccc(NC(C)=O)c(SC)c2)cc1. The zero-order valence-corrected chi connectivity index (χ0v) is 17.4. The Balaban J connectivity index is 1.87. The molecule has 148 valence electrons. The number of carbonyl (C=O) groups excluding carboxylic acids is 2. The Morgan fingerprint density at radius 1 is 1.21 bits per heavy atom. The van der Waals surface area contributed by atoms with Gasteiger partial charge in [-0.05, 0) is 42.0 Å². The van der Waals surface area contributed by atoms with E-state index < -0.39 is 0 Å². The van der Waals surface area contributed by atoms with E-state index in [0.29, 0.717) is 12.1 Å². The lowest BCUT2D eigenvalue weighted by molar-refractivity contribution is -0.114. The Kier molecular flexibility index (Phi) is 6.75. The minimum absolute atomic E-state index is 0.0138. The number of hydrogen-bond donors (Lipinski definition) is 2. The molecule has 2 aromatic carbocycles. The van der Waals surface area contributed by atoms with Crippen LogP contribution in [0, 0.1) is 0 Å². The molecule has 1 aliphatic heterocycles. The standard InChI is InChI=1S/C22H27N3O2S/c1-4-16-5-7-17(8-6-16)20-14-23-11-12-25(20)22(27)18-9-10-19(24-15(2)26)21(13-18)28-3/h5-10,13,20,23H,4,11-12,14H2,1-3H3,(H,24,26). The number of nitrogens with zero attached hydrogens (tertiary/aromatic N) is 1. The lowest BCUT2D eigenvalue weighted by Crippen LogP contribution is -2.48. The quantitative estimate of drug-likeness (QED) is 0.755. The summed E-state index contributed by atoms with van der Waals surface area (Å²) in [5.74, 6) is -0.0946. The van der Waals surface area contributed by atoms with Gasteiger partial charge in [-0.25, -0.2) is 0 Å². The number of hydrogen-bond acceptors (Lipinski definition) is 4. The van der Waals surface area contributed by atoms with Crippen LogP contribution in [0.5, 0.6) is 0 Å². The highest BCUT2D eigenvalue weighted by molar-refractivity contribution is 7.98. The normalized spacial score (nSPS) is 16.7. The Bertz CT molecular complexity index is 851. The molecule has 0 bridgehead atoms. The van der Waals surface area contributed by atoms with Crippen molar-refractivity contribution in [2.75, 3.05) is 31.2 Å². The van der Waals surface area contributed by atoms with Gasteiger partial charge in [-0.15, -0.1) is 11.8 Å². The highest BCUT2D eigenvalue weighted by atomic mass is 32.2. The van der Waals surface area contributed by atoms with Crippen LogP contribution in [-0.2, 0) is 11.2 Å². The molecule has 0 spiro atoms. The van der Waals surface area contributed by atoms with Gasteiger partial charge in [0.05, 0.1) is 11.7 Å². The van der Waals surface area contributed by atoms with Crippen LogP contribution in [0.4, 0.5) is 5.69 Å². The predicted octanol–water partition coefficient (Wildman–Crippen LogP) is 3.72. The van der Waals surface area contributed by atoms with Gasteiger partial charge < -0.3 is 15.5 Å². The van der Waals surface area contributed by atoms with E-state index in [1.165, 1.54) is 24.2 Å². The van der Waals surface area contributed by atoms with Crippen LogP contribution in [0.1, 0.15) is 41.4 Å². The fraction of sp³-hybridized carbons (Fsp3) is 0.364. The van der Waals surface area contributed by atoms with Crippen LogP contribution >= 0.6 is 11.8 Å². The predicted molar refractivity (Wildman–Crippen MR) is 115 cm³/mol. The minimum atomic E-state index is -0.118. The van der Waals surface area contributed by atoms with Gasteiger partial charge in [-0.2, -0.15) is 0 Å². The van der Waals surface area contributed by atoms with E-state index in [-0.39, 0.29) is 17.9 Å². The first-order valence-corrected chi connectivity index (χ1v) is 10.8. The molecule has 1 aliphatic rings. The summed E-state index contributed by atoms with van der Waals surface area (Å²) >= 11 is 1.52. The second kappa shape index (κ2) is 9.26. The maximum atomic E-state index is 13.3. The zero-order chi connectivity index (χ0) is 20.1. The summed E-state index contributed by atoms with van der Waals surface area (Å²) in [6.45, 7) is 5.82. The summed E-state index contributed by atoms with van der Waals surface area (Å²) in [4.78, 5) is 27.5. The third-order valence-electron chi connectivity index (χ3n) is 5.04. The topological polar surface area (TPSA) is 61.4 Å². The first-order chi connectivity index (χ1) is 13.5. The average molecular weight is 398 g/mol. The molecule has 1 fully saturated rings. The summed E-state index contributed by atoms with van der Waals surface area (Å²) in [5, 5.41) is 6.23. The molecule has 2 amide bonds. The molecule has 3 rings (SSSR count). The molecular weight excluding hydrogens is 370 g/mol. The number of anilines is 1. The van der Waals surface area contributed by atoms with Crippen molar-refractivity contribution in [1.82, 2.24) is 10.2 Å². The van der Waals surface area contributed by atoms with Crippen LogP contribution < -0.4 is 10.6 Å². The van der Waals surface area contributed by atoms with Crippen molar-refractivity contribution in [2.45, 2.75) is 31.2 Å². The maximum Gasteiger partial charge on any atom is 0.254 e. The monoisotopic (exact) mass is 397 g/mol. The number of nitrogens with one attached hydrogen (secondary N) is 2. The molecule has 2 aromatic rings. The van der Waals surface area contributed by atoms with E-state index in [0.717, 1.165) is 35.7 Å². The fourth-order valence-corrected chi connectivity index (χ4v) is 4.09. The lowest BCUT2D eigenvalue weighted by atomic mass is 10.00. The molecular formula is C22H27N3O2S. The van der Waals surface area contributed by atoms with E-state index >= 15 is 0 Å². The molecule has 0 aliphatic carbocycles. The lowest BCUT2D eigenvalue weighted by Gasteiger charge is -2.37. The maximum absolute atomic E-state index is 13.3. The second-order valence-corrected chi connectivity index (χ2v) is 7.76. The molecule has 28 heavy (non-hydrogen) atoms. The molecule has 1 atom stereocenters. The number of aryl methyl sites for hydroxylation is 1. The average Bonchev–Trinajstić information content (AvgIpc) is 2.73. The first-order valence-electron chi connectivity index (χ1n) is 9.59. The van der Waals surface area contributed by atoms with Crippen molar-refractivity contribution in [3.05, 3.63) is 59.2 Å². The van der Waals surface area contributed by atoms with Gasteiger partial charge in [-0.1, -0.05) is 31.2 Å². The van der Waals surface area contributed by atoms with Gasteiger partial charge in [0, 0.05) is 37.0 Å². The molecule has 2 N–H and O–H groups in total. The van der Waals surface area contributed by atoms with Crippen LogP contribution in [0.25, 0.3) is 0 Å². The highest BCUT2D eigenvalue weighted by Gasteiger charge is 2.29. The molecule has 0 aromatic heterocycles. The third kappa shape index (κ3) is 4.56. The second-order valence-electron chi connectivity index (χ2n) is 6.91. The van der Waals surface area contributed by atoms with Crippen molar-refractivity contribution < 1.29 is 9.59 Å². The molecule has 0 radical (unpaired) electrons. The largest absolute Gasteiger partial charge is 0.329 e. The molecule has 1 saturated heterocycles. The van der Waals surface area contributed by atoms with Gasteiger partial charge in [0.25, 0.3) is 5.91 Å². The fourth-order valence-electron chi connectivity index (χ4n) is 3.50. The number of benzene rings is 2. The Labute approximate surface area is 170 Å². The van der Waals surface area contributed by atoms with E-state index in [2.05, 4.69) is 41.8 Å². The van der Waals surface area contributed by atoms with Crippen molar-refractivity contribution in [3.8, 4) is 0 Å². The van der Waals surface area contributed by atoms with Crippen molar-refractivity contribution in [3.63, 3.8) is 0 Å². The Morgan fingerprint density at radius 3 is 2.61 bits per heavy atom. The summed E-state index contributed by atoms with van der Waals surface area (Å²) in [5.41, 5.74) is 3.83. The van der Waals surface area contributed by atoms with Crippen LogP contribution in [0.2, 0.25) is 0 Å². The molecule has 6 heteroatoms. The number of rotatable bonds is 5. The Hall–Kier alpha value is -2.31. The molecule has 5 nitrogen and oxygen atoms in total. The van der Waals surface area contributed by atoms with Gasteiger partial charge >= 0.3 is 0 Å². The van der Waals surface area contributed by atoms with Crippen LogP contribution in [0.3, 0.4) is 0 Å². The summed E-state index contributed by atoms with van der Waals surface area (Å²) < 4.78 is 0. The van der Waals surface area contributed by atoms with Gasteiger partial charge in [0.15, 0.2) is 0 Å². The van der Waals surface area contributed by atoms with Crippen LogP contribution in [-0.4, -0.2) is 42.6 Å². The van der Waals surface area contributed by atoms with Crippen molar-refractivity contribution in [2.24, 2.45) is 0 Å². The summed E-state index contributed by atoms with van der Waals surface area (Å²) in [6, 6.07) is 14.0. The molecule has 0 saturated carbocycles. The first kappa shape index (κ1) is 20.4. The number of thioether (sulfide) groups is 1. The van der Waals surface area contributed by atoms with Gasteiger partial charge in [-0.3, -0.25) is 9.59 Å². The number of amides is 2. The Morgan fingerprint density at radius 2 is 1.96 bits per heavy atom. The van der Waals surface area contributed by atoms with E-state index in [9.17, 15) is 9.59 Å².